The molecular formula is C31H35F15O. The molecule has 0 amide bonds. The summed E-state index contributed by atoms with van der Waals surface area (Å²) in [6, 6.07) is 3.07. The summed E-state index contributed by atoms with van der Waals surface area (Å²) in [5, 5.41) is 0. The van der Waals surface area contributed by atoms with E-state index in [0.29, 0.717) is 42.4 Å². The van der Waals surface area contributed by atoms with Crippen molar-refractivity contribution < 1.29 is 70.7 Å². The first-order chi connectivity index (χ1) is 21.4. The molecule has 0 bridgehead atoms. The Morgan fingerprint density at radius 2 is 1.00 bits per heavy atom. The number of ketones is 1. The highest BCUT2D eigenvalue weighted by atomic mass is 19.4. The van der Waals surface area contributed by atoms with Crippen molar-refractivity contribution in [2.24, 2.45) is 17.8 Å². The van der Waals surface area contributed by atoms with Crippen LogP contribution in [0, 0.1) is 17.8 Å². The van der Waals surface area contributed by atoms with Gasteiger partial charge in [-0.3, -0.25) is 4.79 Å². The van der Waals surface area contributed by atoms with Crippen LogP contribution >= 0.6 is 0 Å². The second-order valence-electron chi connectivity index (χ2n) is 12.8. The highest BCUT2D eigenvalue weighted by Gasteiger charge is 2.94. The largest absolute Gasteiger partial charge is 0.460 e. The molecule has 0 spiro atoms. The molecule has 2 saturated carbocycles. The normalized spacial score (nSPS) is 24.3. The van der Waals surface area contributed by atoms with Crippen LogP contribution in [0.5, 0.6) is 0 Å². The maximum Gasteiger partial charge on any atom is 0.460 e. The zero-order chi connectivity index (χ0) is 35.9. The standard InChI is InChI=1S/C31H35F15O/c1-2-3-4-5-18-6-8-19(9-7-18)20-10-12-21(13-11-20)22-14-16-23(17-15-22)24(47)25(32,33)26(34,35)27(36,37)28(38,39)29(40,41)30(42,43)31(44,45)46/h14-21H,2-13H2,1H3/t18-,19-,20-,21-. The summed E-state index contributed by atoms with van der Waals surface area (Å²) >= 11 is 0. The summed E-state index contributed by atoms with van der Waals surface area (Å²) in [7, 11) is 0. The Balaban J connectivity index is 1.69. The molecule has 0 heterocycles. The molecule has 0 radical (unpaired) electrons. The number of alkyl halides is 15. The van der Waals surface area contributed by atoms with E-state index in [1.54, 1.807) is 0 Å². The lowest BCUT2D eigenvalue weighted by molar-refractivity contribution is -0.449. The molecule has 2 aliphatic rings. The lowest BCUT2D eigenvalue weighted by Crippen LogP contribution is -2.73. The van der Waals surface area contributed by atoms with Gasteiger partial charge in [-0.05, 0) is 67.8 Å². The van der Waals surface area contributed by atoms with Crippen LogP contribution in [0.15, 0.2) is 24.3 Å². The summed E-state index contributed by atoms with van der Waals surface area (Å²) in [5.41, 5.74) is -0.991. The van der Waals surface area contributed by atoms with Crippen molar-refractivity contribution in [2.45, 2.75) is 132 Å². The van der Waals surface area contributed by atoms with Crippen LogP contribution in [0.4, 0.5) is 65.9 Å². The number of carbonyl (C=O) groups is 1. The minimum atomic E-state index is -8.43. The first-order valence-corrected chi connectivity index (χ1v) is 15.4. The first-order valence-electron chi connectivity index (χ1n) is 15.4. The average molecular weight is 709 g/mol. The monoisotopic (exact) mass is 708 g/mol. The molecular weight excluding hydrogens is 673 g/mol. The van der Waals surface area contributed by atoms with E-state index in [1.807, 2.05) is 0 Å². The van der Waals surface area contributed by atoms with Gasteiger partial charge in [-0.2, -0.15) is 65.9 Å². The summed E-state index contributed by atoms with van der Waals surface area (Å²) in [5.74, 6) is -49.6. The fourth-order valence-corrected chi connectivity index (χ4v) is 6.75. The molecule has 3 rings (SSSR count). The van der Waals surface area contributed by atoms with E-state index in [-0.39, 0.29) is 5.92 Å². The van der Waals surface area contributed by atoms with Gasteiger partial charge in [-0.25, -0.2) is 0 Å². The van der Waals surface area contributed by atoms with Gasteiger partial charge in [0.1, 0.15) is 0 Å². The van der Waals surface area contributed by atoms with E-state index in [9.17, 15) is 70.7 Å². The van der Waals surface area contributed by atoms with E-state index in [1.165, 1.54) is 32.1 Å². The van der Waals surface area contributed by atoms with Gasteiger partial charge >= 0.3 is 41.7 Å². The van der Waals surface area contributed by atoms with E-state index < -0.39 is 53.1 Å². The quantitative estimate of drug-likeness (QED) is 0.113. The Morgan fingerprint density at radius 3 is 1.45 bits per heavy atom. The van der Waals surface area contributed by atoms with Crippen LogP contribution < -0.4 is 0 Å². The second kappa shape index (κ2) is 13.6. The maximum atomic E-state index is 14.4. The van der Waals surface area contributed by atoms with Gasteiger partial charge in [0.15, 0.2) is 0 Å². The molecule has 2 fully saturated rings. The predicted molar refractivity (Wildman–Crippen MR) is 141 cm³/mol. The van der Waals surface area contributed by atoms with Gasteiger partial charge < -0.3 is 0 Å². The number of Topliss-reactive ketones (excluding diaryl/α,β-unsaturated/α-hetero) is 1. The molecule has 1 aromatic rings. The van der Waals surface area contributed by atoms with Crippen LogP contribution in [0.3, 0.4) is 0 Å². The number of rotatable bonds is 13. The summed E-state index contributed by atoms with van der Waals surface area (Å²) in [6.07, 6.45) is 4.68. The fourth-order valence-electron chi connectivity index (χ4n) is 6.75. The number of hydrogen-bond acceptors (Lipinski definition) is 1. The molecule has 0 aromatic heterocycles. The van der Waals surface area contributed by atoms with Crippen LogP contribution in [-0.4, -0.2) is 47.5 Å². The third kappa shape index (κ3) is 6.98. The summed E-state index contributed by atoms with van der Waals surface area (Å²) in [6.45, 7) is 2.15. The Hall–Kier alpha value is -2.16. The molecule has 2 aliphatic carbocycles. The van der Waals surface area contributed by atoms with Crippen molar-refractivity contribution in [1.82, 2.24) is 0 Å². The highest BCUT2D eigenvalue weighted by molar-refractivity contribution is 6.02. The minimum Gasteiger partial charge on any atom is -0.287 e. The molecule has 1 aromatic carbocycles. The number of unbranched alkanes of at least 4 members (excludes halogenated alkanes) is 2. The number of halogens is 15. The highest BCUT2D eigenvalue weighted by Crippen LogP contribution is 2.62. The Morgan fingerprint density at radius 1 is 0.574 bits per heavy atom. The second-order valence-corrected chi connectivity index (χ2v) is 12.8. The van der Waals surface area contributed by atoms with Gasteiger partial charge in [0.2, 0.25) is 5.78 Å². The van der Waals surface area contributed by atoms with Gasteiger partial charge in [0.05, 0.1) is 0 Å². The molecule has 270 valence electrons. The van der Waals surface area contributed by atoms with Gasteiger partial charge in [-0.1, -0.05) is 69.7 Å². The van der Waals surface area contributed by atoms with Crippen molar-refractivity contribution in [3.63, 3.8) is 0 Å². The zero-order valence-corrected chi connectivity index (χ0v) is 25.2. The Bertz CT molecular complexity index is 1190. The molecule has 0 saturated heterocycles. The van der Waals surface area contributed by atoms with E-state index in [2.05, 4.69) is 6.92 Å². The van der Waals surface area contributed by atoms with Crippen molar-refractivity contribution in [3.8, 4) is 0 Å². The minimum absolute atomic E-state index is 0.150. The lowest BCUT2D eigenvalue weighted by Gasteiger charge is -2.41. The molecule has 1 nitrogen and oxygen atoms in total. The average Bonchev–Trinajstić information content (AvgIpc) is 3.00. The van der Waals surface area contributed by atoms with Gasteiger partial charge in [0.25, 0.3) is 0 Å². The smallest absolute Gasteiger partial charge is 0.287 e. The molecule has 16 heteroatoms. The van der Waals surface area contributed by atoms with Crippen LogP contribution in [0.25, 0.3) is 0 Å². The van der Waals surface area contributed by atoms with E-state index >= 15 is 0 Å². The molecule has 0 unspecified atom stereocenters. The van der Waals surface area contributed by atoms with Crippen molar-refractivity contribution >= 4 is 5.78 Å². The topological polar surface area (TPSA) is 17.1 Å². The number of carbonyl (C=O) groups excluding carboxylic acids is 1. The SMILES string of the molecule is CCCCC[C@H]1CC[C@H]([C@H]2CC[C@H](c3ccc(C(=O)C(F)(F)C(F)(F)C(F)(F)C(F)(F)C(F)(F)C(F)(F)C(F)(F)F)cc3)CC2)CC1. The third-order valence-electron chi connectivity index (χ3n) is 9.80. The zero-order valence-electron chi connectivity index (χ0n) is 25.2. The molecule has 0 N–H and O–H groups in total. The number of hydrogen-bond donors (Lipinski definition) is 0. The molecule has 0 atom stereocenters. The summed E-state index contributed by atoms with van der Waals surface area (Å²) in [4.78, 5) is 12.2. The maximum absolute atomic E-state index is 14.4. The lowest BCUT2D eigenvalue weighted by atomic mass is 9.68. The fraction of sp³-hybridized carbons (Fsp3) is 0.774. The number of benzene rings is 1. The summed E-state index contributed by atoms with van der Waals surface area (Å²) < 4.78 is 203. The predicted octanol–water partition coefficient (Wildman–Crippen LogP) is 11.9. The van der Waals surface area contributed by atoms with Crippen LogP contribution in [0.2, 0.25) is 0 Å². The van der Waals surface area contributed by atoms with Crippen LogP contribution in [0.1, 0.15) is 106 Å². The van der Waals surface area contributed by atoms with Crippen molar-refractivity contribution in [3.05, 3.63) is 35.4 Å². The van der Waals surface area contributed by atoms with E-state index in [0.717, 1.165) is 50.2 Å². The first kappa shape index (κ1) is 39.3. The van der Waals surface area contributed by atoms with Crippen LogP contribution in [-0.2, 0) is 0 Å². The van der Waals surface area contributed by atoms with Crippen molar-refractivity contribution in [1.29, 1.82) is 0 Å². The van der Waals surface area contributed by atoms with E-state index in [4.69, 9.17) is 0 Å². The molecule has 0 aliphatic heterocycles. The third-order valence-corrected chi connectivity index (χ3v) is 9.80. The van der Waals surface area contributed by atoms with Crippen molar-refractivity contribution in [2.75, 3.05) is 0 Å². The Labute approximate surface area is 261 Å². The molecule has 47 heavy (non-hydrogen) atoms. The Kier molecular flexibility index (Phi) is 11.4. The van der Waals surface area contributed by atoms with Gasteiger partial charge in [-0.15, -0.1) is 0 Å². The van der Waals surface area contributed by atoms with Gasteiger partial charge in [0, 0.05) is 5.56 Å².